The molecule has 2 unspecified atom stereocenters. The fourth-order valence-corrected chi connectivity index (χ4v) is 3.98. The lowest BCUT2D eigenvalue weighted by Crippen LogP contribution is -2.33. The third-order valence-electron chi connectivity index (χ3n) is 5.28. The van der Waals surface area contributed by atoms with Crippen molar-refractivity contribution in [1.82, 2.24) is 20.2 Å². The molecule has 7 heteroatoms. The molecule has 0 bridgehead atoms. The number of rotatable bonds is 7. The molecule has 164 valence electrons. The zero-order valence-electron chi connectivity index (χ0n) is 18.8. The molecule has 1 heterocycles. The SMILES string of the molecule is CC(Sc1nnc(-c2ccc(C(C)(C)C)cc2)n1N)C(=O)NCC(C)c1ccccc1. The Morgan fingerprint density at radius 2 is 1.71 bits per heavy atom. The molecular formula is C24H31N5OS. The van der Waals surface area contributed by atoms with Crippen LogP contribution in [0.15, 0.2) is 59.8 Å². The first kappa shape index (κ1) is 22.9. The van der Waals surface area contributed by atoms with E-state index in [9.17, 15) is 4.79 Å². The van der Waals surface area contributed by atoms with Crippen molar-refractivity contribution in [3.05, 3.63) is 65.7 Å². The number of hydrogen-bond donors (Lipinski definition) is 2. The van der Waals surface area contributed by atoms with Gasteiger partial charge in [0.25, 0.3) is 0 Å². The van der Waals surface area contributed by atoms with E-state index in [1.54, 1.807) is 0 Å². The molecule has 3 aromatic rings. The first-order valence-electron chi connectivity index (χ1n) is 10.5. The summed E-state index contributed by atoms with van der Waals surface area (Å²) in [4.78, 5) is 12.6. The van der Waals surface area contributed by atoms with Crippen molar-refractivity contribution in [2.24, 2.45) is 0 Å². The number of nitrogens with two attached hydrogens (primary N) is 1. The topological polar surface area (TPSA) is 85.8 Å². The first-order chi connectivity index (χ1) is 14.7. The van der Waals surface area contributed by atoms with Gasteiger partial charge in [0.05, 0.1) is 5.25 Å². The van der Waals surface area contributed by atoms with Crippen molar-refractivity contribution in [2.45, 2.75) is 56.4 Å². The van der Waals surface area contributed by atoms with Crippen LogP contribution in [-0.2, 0) is 10.2 Å². The fourth-order valence-electron chi connectivity index (χ4n) is 3.18. The number of nitrogens with one attached hydrogen (secondary N) is 1. The van der Waals surface area contributed by atoms with Crippen molar-refractivity contribution in [3.63, 3.8) is 0 Å². The van der Waals surface area contributed by atoms with Crippen LogP contribution in [0.25, 0.3) is 11.4 Å². The number of benzene rings is 2. The van der Waals surface area contributed by atoms with Crippen molar-refractivity contribution < 1.29 is 4.79 Å². The molecule has 0 saturated carbocycles. The maximum atomic E-state index is 12.6. The maximum absolute atomic E-state index is 12.6. The lowest BCUT2D eigenvalue weighted by atomic mass is 9.87. The predicted octanol–water partition coefficient (Wildman–Crippen LogP) is 4.36. The molecule has 0 fully saturated rings. The van der Waals surface area contributed by atoms with Gasteiger partial charge in [-0.05, 0) is 29.4 Å². The lowest BCUT2D eigenvalue weighted by molar-refractivity contribution is -0.120. The summed E-state index contributed by atoms with van der Waals surface area (Å²) >= 11 is 1.30. The molecule has 1 amide bonds. The number of amides is 1. The van der Waals surface area contributed by atoms with Crippen LogP contribution in [0.3, 0.4) is 0 Å². The maximum Gasteiger partial charge on any atom is 0.233 e. The number of carbonyl (C=O) groups excluding carboxylic acids is 1. The van der Waals surface area contributed by atoms with Gasteiger partial charge in [0.1, 0.15) is 0 Å². The highest BCUT2D eigenvalue weighted by Gasteiger charge is 2.21. The quantitative estimate of drug-likeness (QED) is 0.424. The van der Waals surface area contributed by atoms with Crippen LogP contribution in [0.4, 0.5) is 0 Å². The highest BCUT2D eigenvalue weighted by molar-refractivity contribution is 8.00. The van der Waals surface area contributed by atoms with Gasteiger partial charge in [-0.15, -0.1) is 10.2 Å². The Hall–Kier alpha value is -2.80. The van der Waals surface area contributed by atoms with Gasteiger partial charge in [0, 0.05) is 12.1 Å². The minimum Gasteiger partial charge on any atom is -0.355 e. The highest BCUT2D eigenvalue weighted by Crippen LogP contribution is 2.27. The summed E-state index contributed by atoms with van der Waals surface area (Å²) in [5, 5.41) is 11.6. The van der Waals surface area contributed by atoms with E-state index in [-0.39, 0.29) is 22.5 Å². The van der Waals surface area contributed by atoms with E-state index in [0.29, 0.717) is 17.5 Å². The van der Waals surface area contributed by atoms with Crippen LogP contribution in [-0.4, -0.2) is 32.6 Å². The molecule has 0 radical (unpaired) electrons. The van der Waals surface area contributed by atoms with Gasteiger partial charge in [-0.3, -0.25) is 4.79 Å². The van der Waals surface area contributed by atoms with Crippen LogP contribution in [0, 0.1) is 0 Å². The van der Waals surface area contributed by atoms with Crippen LogP contribution >= 0.6 is 11.8 Å². The van der Waals surface area contributed by atoms with Crippen molar-refractivity contribution in [2.75, 3.05) is 12.4 Å². The van der Waals surface area contributed by atoms with E-state index >= 15 is 0 Å². The van der Waals surface area contributed by atoms with Gasteiger partial charge >= 0.3 is 0 Å². The second-order valence-electron chi connectivity index (χ2n) is 8.82. The van der Waals surface area contributed by atoms with E-state index in [2.05, 4.69) is 67.5 Å². The highest BCUT2D eigenvalue weighted by atomic mass is 32.2. The van der Waals surface area contributed by atoms with Crippen LogP contribution in [0.1, 0.15) is 51.7 Å². The summed E-state index contributed by atoms with van der Waals surface area (Å²) in [5.74, 6) is 7.01. The summed E-state index contributed by atoms with van der Waals surface area (Å²) in [7, 11) is 0. The Balaban J connectivity index is 1.61. The molecule has 2 aromatic carbocycles. The fraction of sp³-hybridized carbons (Fsp3) is 0.375. The summed E-state index contributed by atoms with van der Waals surface area (Å²) < 4.78 is 1.45. The van der Waals surface area contributed by atoms with Crippen molar-refractivity contribution in [1.29, 1.82) is 0 Å². The molecule has 0 aliphatic carbocycles. The summed E-state index contributed by atoms with van der Waals surface area (Å²) in [6.07, 6.45) is 0. The van der Waals surface area contributed by atoms with Gasteiger partial charge < -0.3 is 11.2 Å². The molecular weight excluding hydrogens is 406 g/mol. The largest absolute Gasteiger partial charge is 0.355 e. The molecule has 0 saturated heterocycles. The summed E-state index contributed by atoms with van der Waals surface area (Å²) in [6.45, 7) is 11.1. The lowest BCUT2D eigenvalue weighted by Gasteiger charge is -2.19. The molecule has 31 heavy (non-hydrogen) atoms. The van der Waals surface area contributed by atoms with Crippen LogP contribution < -0.4 is 11.2 Å². The summed E-state index contributed by atoms with van der Waals surface area (Å²) in [6, 6.07) is 18.3. The molecule has 1 aromatic heterocycles. The molecule has 0 spiro atoms. The van der Waals surface area contributed by atoms with Crippen molar-refractivity contribution >= 4 is 17.7 Å². The van der Waals surface area contributed by atoms with E-state index in [1.807, 2.05) is 37.3 Å². The molecule has 0 aliphatic heterocycles. The predicted molar refractivity (Wildman–Crippen MR) is 127 cm³/mol. The van der Waals surface area contributed by atoms with E-state index in [1.165, 1.54) is 27.6 Å². The van der Waals surface area contributed by atoms with E-state index in [4.69, 9.17) is 5.84 Å². The van der Waals surface area contributed by atoms with Crippen LogP contribution in [0.5, 0.6) is 0 Å². The standard InChI is InChI=1S/C24H31N5OS/c1-16(18-9-7-6-8-10-18)15-26-22(30)17(2)31-23-28-27-21(29(23)25)19-11-13-20(14-12-19)24(3,4)5/h6-14,16-17H,15,25H2,1-5H3,(H,26,30). The average molecular weight is 438 g/mol. The number of carbonyl (C=O) groups is 1. The average Bonchev–Trinajstić information content (AvgIpc) is 3.11. The zero-order chi connectivity index (χ0) is 22.6. The Morgan fingerprint density at radius 1 is 1.06 bits per heavy atom. The monoisotopic (exact) mass is 437 g/mol. The number of aromatic nitrogens is 3. The number of thioether (sulfide) groups is 1. The Morgan fingerprint density at radius 3 is 2.32 bits per heavy atom. The third kappa shape index (κ3) is 5.67. The third-order valence-corrected chi connectivity index (χ3v) is 6.33. The smallest absolute Gasteiger partial charge is 0.233 e. The van der Waals surface area contributed by atoms with Crippen LogP contribution in [0.2, 0.25) is 0 Å². The molecule has 3 rings (SSSR count). The van der Waals surface area contributed by atoms with Gasteiger partial charge in [-0.2, -0.15) is 0 Å². The Labute approximate surface area is 188 Å². The van der Waals surface area contributed by atoms with Gasteiger partial charge in [-0.1, -0.05) is 94.1 Å². The first-order valence-corrected chi connectivity index (χ1v) is 11.4. The van der Waals surface area contributed by atoms with E-state index < -0.39 is 0 Å². The Bertz CT molecular complexity index is 1010. The Kier molecular flexibility index (Phi) is 7.05. The molecule has 3 N–H and O–H groups in total. The minimum absolute atomic E-state index is 0.0492. The molecule has 2 atom stereocenters. The number of nitrogens with zero attached hydrogens (tertiary/aromatic N) is 3. The number of hydrogen-bond acceptors (Lipinski definition) is 5. The normalized spacial score (nSPS) is 13.6. The molecule has 0 aliphatic rings. The second-order valence-corrected chi connectivity index (χ2v) is 10.1. The van der Waals surface area contributed by atoms with Gasteiger partial charge in [-0.25, -0.2) is 4.68 Å². The zero-order valence-corrected chi connectivity index (χ0v) is 19.6. The van der Waals surface area contributed by atoms with Gasteiger partial charge in [0.15, 0.2) is 5.82 Å². The summed E-state index contributed by atoms with van der Waals surface area (Å²) in [5.41, 5.74) is 3.41. The number of nitrogen functional groups attached to an aromatic ring is 1. The van der Waals surface area contributed by atoms with Gasteiger partial charge in [0.2, 0.25) is 11.1 Å². The second kappa shape index (κ2) is 9.56. The van der Waals surface area contributed by atoms with E-state index in [0.717, 1.165) is 5.56 Å². The van der Waals surface area contributed by atoms with Crippen molar-refractivity contribution in [3.8, 4) is 11.4 Å². The molecule has 6 nitrogen and oxygen atoms in total. The minimum atomic E-state index is -0.342.